The van der Waals surface area contributed by atoms with Crippen LogP contribution in [0, 0.1) is 11.3 Å². The van der Waals surface area contributed by atoms with Crippen molar-refractivity contribution in [1.82, 2.24) is 19.8 Å². The second kappa shape index (κ2) is 10.2. The van der Waals surface area contributed by atoms with Gasteiger partial charge in [0.05, 0.1) is 23.7 Å². The van der Waals surface area contributed by atoms with Gasteiger partial charge < -0.3 is 9.88 Å². The minimum absolute atomic E-state index is 0. The Morgan fingerprint density at radius 3 is 2.55 bits per heavy atom. The molecule has 3 aromatic rings. The number of nitrogens with one attached hydrogen (secondary N) is 1. The van der Waals surface area contributed by atoms with Crippen LogP contribution in [0.15, 0.2) is 67.1 Å². The largest absolute Gasteiger partial charge is 0.329 e. The molecule has 0 amide bonds. The van der Waals surface area contributed by atoms with Gasteiger partial charge in [0.1, 0.15) is 0 Å². The molecular weight excluding hydrogens is 382 g/mol. The van der Waals surface area contributed by atoms with Gasteiger partial charge in [-0.3, -0.25) is 4.90 Å². The molecule has 6 heteroatoms. The van der Waals surface area contributed by atoms with Gasteiger partial charge in [-0.25, -0.2) is 4.98 Å². The summed E-state index contributed by atoms with van der Waals surface area (Å²) >= 11 is 0. The van der Waals surface area contributed by atoms with Gasteiger partial charge in [0.15, 0.2) is 0 Å². The summed E-state index contributed by atoms with van der Waals surface area (Å²) in [5.41, 5.74) is 4.43. The minimum atomic E-state index is 0. The maximum atomic E-state index is 8.93. The smallest absolute Gasteiger partial charge is 0.0991 e. The molecule has 1 N–H and O–H groups in total. The Morgan fingerprint density at radius 2 is 1.79 bits per heavy atom. The average molecular weight is 408 g/mol. The lowest BCUT2D eigenvalue weighted by Gasteiger charge is -2.17. The maximum Gasteiger partial charge on any atom is 0.0991 e. The third-order valence-corrected chi connectivity index (χ3v) is 5.33. The predicted molar refractivity (Wildman–Crippen MR) is 117 cm³/mol. The summed E-state index contributed by atoms with van der Waals surface area (Å²) < 4.78 is 2.17. The van der Waals surface area contributed by atoms with E-state index in [-0.39, 0.29) is 12.4 Å². The van der Waals surface area contributed by atoms with Gasteiger partial charge in [0, 0.05) is 45.0 Å². The molecule has 1 atom stereocenters. The van der Waals surface area contributed by atoms with E-state index in [9.17, 15) is 0 Å². The van der Waals surface area contributed by atoms with Gasteiger partial charge >= 0.3 is 0 Å². The summed E-state index contributed by atoms with van der Waals surface area (Å²) in [6.07, 6.45) is 5.00. The fraction of sp³-hybridized carbons (Fsp3) is 0.304. The van der Waals surface area contributed by atoms with Crippen molar-refractivity contribution in [3.05, 3.63) is 89.5 Å². The highest BCUT2D eigenvalue weighted by Gasteiger charge is 2.22. The molecule has 1 saturated heterocycles. The number of benzene rings is 2. The van der Waals surface area contributed by atoms with E-state index in [2.05, 4.69) is 56.2 Å². The van der Waals surface area contributed by atoms with E-state index in [0.29, 0.717) is 11.6 Å². The van der Waals surface area contributed by atoms with Crippen molar-refractivity contribution in [2.45, 2.75) is 32.1 Å². The monoisotopic (exact) mass is 407 g/mol. The number of hydrogen-bond acceptors (Lipinski definition) is 4. The number of aromatic nitrogens is 2. The van der Waals surface area contributed by atoms with Crippen molar-refractivity contribution in [2.75, 3.05) is 13.1 Å². The highest BCUT2D eigenvalue weighted by molar-refractivity contribution is 5.85. The molecule has 0 unspecified atom stereocenters. The van der Waals surface area contributed by atoms with E-state index in [1.165, 1.54) is 23.2 Å². The molecule has 0 saturated carbocycles. The molecule has 0 aliphatic carbocycles. The van der Waals surface area contributed by atoms with Gasteiger partial charge in [0.2, 0.25) is 0 Å². The molecule has 0 spiro atoms. The summed E-state index contributed by atoms with van der Waals surface area (Å²) in [5, 5.41) is 12.6. The molecule has 5 nitrogen and oxygen atoms in total. The Hall–Kier alpha value is -2.65. The average Bonchev–Trinajstić information content (AvgIpc) is 3.37. The maximum absolute atomic E-state index is 8.93. The van der Waals surface area contributed by atoms with Crippen molar-refractivity contribution >= 4 is 12.4 Å². The van der Waals surface area contributed by atoms with Crippen LogP contribution in [0.1, 0.15) is 28.8 Å². The highest BCUT2D eigenvalue weighted by atomic mass is 35.5. The molecule has 0 bridgehead atoms. The lowest BCUT2D eigenvalue weighted by Crippen LogP contribution is -2.32. The third kappa shape index (κ3) is 5.68. The van der Waals surface area contributed by atoms with Gasteiger partial charge in [0.25, 0.3) is 0 Å². The summed E-state index contributed by atoms with van der Waals surface area (Å²) in [6.45, 7) is 4.83. The fourth-order valence-corrected chi connectivity index (χ4v) is 3.75. The summed E-state index contributed by atoms with van der Waals surface area (Å²) in [4.78, 5) is 6.84. The first-order valence-corrected chi connectivity index (χ1v) is 9.78. The predicted octanol–water partition coefficient (Wildman–Crippen LogP) is 3.59. The lowest BCUT2D eigenvalue weighted by molar-refractivity contribution is 0.319. The number of hydrogen-bond donors (Lipinski definition) is 1. The van der Waals surface area contributed by atoms with E-state index in [1.807, 2.05) is 36.8 Å². The Balaban J connectivity index is 0.00000240. The van der Waals surface area contributed by atoms with Crippen LogP contribution in [0.5, 0.6) is 0 Å². The van der Waals surface area contributed by atoms with Crippen LogP contribution in [-0.4, -0.2) is 33.6 Å². The molecular formula is C23H26ClN5. The second-order valence-electron chi connectivity index (χ2n) is 7.41. The third-order valence-electron chi connectivity index (χ3n) is 5.33. The van der Waals surface area contributed by atoms with E-state index in [0.717, 1.165) is 32.7 Å². The highest BCUT2D eigenvalue weighted by Crippen LogP contribution is 2.14. The molecule has 4 rings (SSSR count). The van der Waals surface area contributed by atoms with Crippen molar-refractivity contribution < 1.29 is 0 Å². The summed E-state index contributed by atoms with van der Waals surface area (Å²) in [6, 6.07) is 21.1. The fourth-order valence-electron chi connectivity index (χ4n) is 3.75. The number of nitrogens with zero attached hydrogens (tertiary/aromatic N) is 4. The van der Waals surface area contributed by atoms with Crippen molar-refractivity contribution in [3.8, 4) is 6.07 Å². The Labute approximate surface area is 178 Å². The first kappa shape index (κ1) is 21.1. The van der Waals surface area contributed by atoms with Crippen LogP contribution in [0.3, 0.4) is 0 Å². The zero-order valence-corrected chi connectivity index (χ0v) is 17.2. The number of halogens is 1. The topological polar surface area (TPSA) is 56.9 Å². The van der Waals surface area contributed by atoms with Crippen molar-refractivity contribution in [3.63, 3.8) is 0 Å². The van der Waals surface area contributed by atoms with E-state index >= 15 is 0 Å². The minimum Gasteiger partial charge on any atom is -0.329 e. The number of rotatable bonds is 7. The Morgan fingerprint density at radius 1 is 1.03 bits per heavy atom. The number of nitriles is 1. The van der Waals surface area contributed by atoms with Crippen LogP contribution in [0.25, 0.3) is 0 Å². The van der Waals surface area contributed by atoms with E-state index in [1.54, 1.807) is 0 Å². The van der Waals surface area contributed by atoms with Crippen LogP contribution in [0.4, 0.5) is 0 Å². The number of likely N-dealkylation sites (tertiary alicyclic amines) is 1. The van der Waals surface area contributed by atoms with Gasteiger partial charge in [-0.05, 0) is 29.7 Å². The van der Waals surface area contributed by atoms with Crippen LogP contribution in [-0.2, 0) is 19.6 Å². The normalized spacial score (nSPS) is 16.3. The SMILES string of the molecule is Cl.N#Cc1ccc(Cn2cncc2CN[C@H]2CCN(Cc3ccccc3)C2)cc1. The van der Waals surface area contributed by atoms with Crippen molar-refractivity contribution in [1.29, 1.82) is 5.26 Å². The van der Waals surface area contributed by atoms with E-state index in [4.69, 9.17) is 5.26 Å². The summed E-state index contributed by atoms with van der Waals surface area (Å²) in [7, 11) is 0. The van der Waals surface area contributed by atoms with Crippen LogP contribution >= 0.6 is 12.4 Å². The quantitative estimate of drug-likeness (QED) is 0.650. The molecule has 1 aromatic heterocycles. The van der Waals surface area contributed by atoms with Gasteiger partial charge in [-0.2, -0.15) is 5.26 Å². The van der Waals surface area contributed by atoms with Crippen molar-refractivity contribution in [2.24, 2.45) is 0 Å². The van der Waals surface area contributed by atoms with Crippen LogP contribution < -0.4 is 5.32 Å². The standard InChI is InChI=1S/C23H25N5.ClH/c24-12-19-6-8-21(9-7-19)16-28-18-25-13-23(28)14-26-22-10-11-27(17-22)15-20-4-2-1-3-5-20;/h1-9,13,18,22,26H,10-11,14-17H2;1H/t22-;/m0./s1. The molecule has 1 fully saturated rings. The molecule has 2 heterocycles. The molecule has 1 aliphatic rings. The van der Waals surface area contributed by atoms with Gasteiger partial charge in [-0.1, -0.05) is 42.5 Å². The first-order chi connectivity index (χ1) is 13.8. The molecule has 0 radical (unpaired) electrons. The Bertz CT molecular complexity index is 930. The molecule has 1 aliphatic heterocycles. The zero-order chi connectivity index (χ0) is 19.2. The van der Waals surface area contributed by atoms with Gasteiger partial charge in [-0.15, -0.1) is 12.4 Å². The lowest BCUT2D eigenvalue weighted by atomic mass is 10.1. The second-order valence-corrected chi connectivity index (χ2v) is 7.41. The first-order valence-electron chi connectivity index (χ1n) is 9.78. The Kier molecular flexibility index (Phi) is 7.42. The van der Waals surface area contributed by atoms with Crippen LogP contribution in [0.2, 0.25) is 0 Å². The molecule has 2 aromatic carbocycles. The molecule has 150 valence electrons. The summed E-state index contributed by atoms with van der Waals surface area (Å²) in [5.74, 6) is 0. The number of imidazole rings is 1. The zero-order valence-electron chi connectivity index (χ0n) is 16.4. The van der Waals surface area contributed by atoms with E-state index < -0.39 is 0 Å². The molecule has 29 heavy (non-hydrogen) atoms.